The number of amides is 1. The van der Waals surface area contributed by atoms with Crippen LogP contribution < -0.4 is 10.1 Å². The first kappa shape index (κ1) is 17.0. The molecule has 0 aliphatic carbocycles. The first-order chi connectivity index (χ1) is 11.0. The average molecular weight is 333 g/mol. The third kappa shape index (κ3) is 3.90. The number of aryl methyl sites for hydroxylation is 2. The molecule has 5 nitrogen and oxygen atoms in total. The molecule has 6 heteroatoms. The molecule has 2 rings (SSSR count). The molecule has 0 fully saturated rings. The van der Waals surface area contributed by atoms with Crippen LogP contribution in [0.5, 0.6) is 5.75 Å². The number of thiophene rings is 1. The maximum atomic E-state index is 12.2. The van der Waals surface area contributed by atoms with Gasteiger partial charge in [0.2, 0.25) is 0 Å². The van der Waals surface area contributed by atoms with Crippen LogP contribution in [0.3, 0.4) is 0 Å². The average Bonchev–Trinajstić information content (AvgIpc) is 2.93. The summed E-state index contributed by atoms with van der Waals surface area (Å²) in [5.41, 5.74) is 1.92. The van der Waals surface area contributed by atoms with Gasteiger partial charge in [0.15, 0.2) is 0 Å². The molecule has 0 saturated heterocycles. The fourth-order valence-corrected chi connectivity index (χ4v) is 3.31. The van der Waals surface area contributed by atoms with Crippen LogP contribution in [0.4, 0.5) is 0 Å². The largest absolute Gasteiger partial charge is 0.496 e. The van der Waals surface area contributed by atoms with Gasteiger partial charge in [-0.2, -0.15) is 0 Å². The zero-order chi connectivity index (χ0) is 17.0. The predicted octanol–water partition coefficient (Wildman–Crippen LogP) is 3.26. The summed E-state index contributed by atoms with van der Waals surface area (Å²) in [4.78, 5) is 25.3. The standard InChI is InChI=1S/C17H19NO4S/c1-4-14-10(2)7-15(23-14)16(19)18-9-11-5-6-13(22-3)12(8-11)17(20)21/h5-8H,4,9H2,1-3H3,(H,18,19)(H,20,21). The van der Waals surface area contributed by atoms with E-state index in [2.05, 4.69) is 12.2 Å². The molecule has 1 amide bonds. The predicted molar refractivity (Wildman–Crippen MR) is 89.6 cm³/mol. The second-order valence-corrected chi connectivity index (χ2v) is 6.23. The molecular weight excluding hydrogens is 314 g/mol. The van der Waals surface area contributed by atoms with Gasteiger partial charge < -0.3 is 15.2 Å². The quantitative estimate of drug-likeness (QED) is 0.851. The summed E-state index contributed by atoms with van der Waals surface area (Å²) in [7, 11) is 1.42. The van der Waals surface area contributed by atoms with Crippen LogP contribution in [0, 0.1) is 6.92 Å². The molecule has 2 aromatic rings. The van der Waals surface area contributed by atoms with Gasteiger partial charge in [-0.25, -0.2) is 4.79 Å². The minimum absolute atomic E-state index is 0.0829. The molecule has 0 unspecified atom stereocenters. The number of methoxy groups -OCH3 is 1. The van der Waals surface area contributed by atoms with Crippen LogP contribution in [0.25, 0.3) is 0 Å². The number of aromatic carboxylic acids is 1. The number of benzene rings is 1. The van der Waals surface area contributed by atoms with Gasteiger partial charge in [-0.3, -0.25) is 4.79 Å². The van der Waals surface area contributed by atoms with E-state index in [1.165, 1.54) is 29.4 Å². The highest BCUT2D eigenvalue weighted by Gasteiger charge is 2.14. The lowest BCUT2D eigenvalue weighted by Gasteiger charge is -2.08. The molecule has 1 aromatic heterocycles. The van der Waals surface area contributed by atoms with Crippen molar-refractivity contribution in [3.05, 3.63) is 50.7 Å². The SMILES string of the molecule is CCc1sc(C(=O)NCc2ccc(OC)c(C(=O)O)c2)cc1C. The van der Waals surface area contributed by atoms with Crippen LogP contribution in [-0.2, 0) is 13.0 Å². The summed E-state index contributed by atoms with van der Waals surface area (Å²) in [6, 6.07) is 6.73. The maximum absolute atomic E-state index is 12.2. The first-order valence-corrected chi connectivity index (χ1v) is 8.05. The van der Waals surface area contributed by atoms with Gasteiger partial charge in [-0.1, -0.05) is 13.0 Å². The van der Waals surface area contributed by atoms with Gasteiger partial charge >= 0.3 is 5.97 Å². The summed E-state index contributed by atoms with van der Waals surface area (Å²) in [5.74, 6) is -0.906. The number of hydrogen-bond donors (Lipinski definition) is 2. The molecule has 1 aromatic carbocycles. The number of nitrogens with one attached hydrogen (secondary N) is 1. The van der Waals surface area contributed by atoms with Gasteiger partial charge in [0, 0.05) is 11.4 Å². The lowest BCUT2D eigenvalue weighted by Crippen LogP contribution is -2.22. The topological polar surface area (TPSA) is 75.6 Å². The number of carbonyl (C=O) groups is 2. The number of hydrogen-bond acceptors (Lipinski definition) is 4. The third-order valence-corrected chi connectivity index (χ3v) is 4.89. The molecule has 2 N–H and O–H groups in total. The second kappa shape index (κ2) is 7.28. The van der Waals surface area contributed by atoms with E-state index in [0.717, 1.165) is 12.0 Å². The van der Waals surface area contributed by atoms with Gasteiger partial charge in [-0.15, -0.1) is 11.3 Å². The van der Waals surface area contributed by atoms with Gasteiger partial charge in [0.05, 0.1) is 12.0 Å². The normalized spacial score (nSPS) is 10.4. The fourth-order valence-electron chi connectivity index (χ4n) is 2.28. The summed E-state index contributed by atoms with van der Waals surface area (Å²) in [6.45, 7) is 4.32. The molecule has 0 atom stereocenters. The molecule has 0 spiro atoms. The van der Waals surface area contributed by atoms with Crippen molar-refractivity contribution in [2.75, 3.05) is 7.11 Å². The van der Waals surface area contributed by atoms with Crippen molar-refractivity contribution in [2.24, 2.45) is 0 Å². The molecule has 0 saturated carbocycles. The molecule has 0 radical (unpaired) electrons. The van der Waals surface area contributed by atoms with E-state index in [-0.39, 0.29) is 18.0 Å². The minimum atomic E-state index is -1.06. The lowest BCUT2D eigenvalue weighted by molar-refractivity contribution is 0.0693. The van der Waals surface area contributed by atoms with Crippen molar-refractivity contribution in [1.82, 2.24) is 5.32 Å². The zero-order valence-corrected chi connectivity index (χ0v) is 14.1. The van der Waals surface area contributed by atoms with Crippen molar-refractivity contribution in [3.63, 3.8) is 0 Å². The Morgan fingerprint density at radius 2 is 2.04 bits per heavy atom. The van der Waals surface area contributed by atoms with E-state index in [1.807, 2.05) is 13.0 Å². The molecule has 0 aliphatic rings. The number of carboxylic acids is 1. The minimum Gasteiger partial charge on any atom is -0.496 e. The van der Waals surface area contributed by atoms with Gasteiger partial charge in [0.25, 0.3) is 5.91 Å². The smallest absolute Gasteiger partial charge is 0.339 e. The third-order valence-electron chi connectivity index (χ3n) is 3.51. The Morgan fingerprint density at radius 1 is 1.30 bits per heavy atom. The van der Waals surface area contributed by atoms with Gasteiger partial charge in [-0.05, 0) is 42.7 Å². The van der Waals surface area contributed by atoms with Crippen molar-refractivity contribution in [1.29, 1.82) is 0 Å². The number of rotatable bonds is 6. The highest BCUT2D eigenvalue weighted by atomic mass is 32.1. The maximum Gasteiger partial charge on any atom is 0.339 e. The van der Waals surface area contributed by atoms with E-state index in [9.17, 15) is 14.7 Å². The van der Waals surface area contributed by atoms with Crippen LogP contribution >= 0.6 is 11.3 Å². The van der Waals surface area contributed by atoms with E-state index >= 15 is 0 Å². The Bertz CT molecular complexity index is 736. The van der Waals surface area contributed by atoms with Crippen LogP contribution in [0.1, 0.15) is 43.0 Å². The molecule has 0 bridgehead atoms. The zero-order valence-electron chi connectivity index (χ0n) is 13.3. The van der Waals surface area contributed by atoms with Crippen molar-refractivity contribution in [3.8, 4) is 5.75 Å². The Balaban J connectivity index is 2.09. The molecule has 23 heavy (non-hydrogen) atoms. The van der Waals surface area contributed by atoms with Crippen molar-refractivity contribution >= 4 is 23.2 Å². The number of carboxylic acid groups (broad SMARTS) is 1. The number of carbonyl (C=O) groups excluding carboxylic acids is 1. The summed E-state index contributed by atoms with van der Waals surface area (Å²) in [6.07, 6.45) is 0.907. The monoisotopic (exact) mass is 333 g/mol. The van der Waals surface area contributed by atoms with Crippen molar-refractivity contribution in [2.45, 2.75) is 26.8 Å². The first-order valence-electron chi connectivity index (χ1n) is 7.24. The molecular formula is C17H19NO4S. The van der Waals surface area contributed by atoms with Crippen LogP contribution in [0.2, 0.25) is 0 Å². The van der Waals surface area contributed by atoms with Crippen LogP contribution in [0.15, 0.2) is 24.3 Å². The molecule has 0 aliphatic heterocycles. The summed E-state index contributed by atoms with van der Waals surface area (Å²) in [5, 5.41) is 12.0. The number of ether oxygens (including phenoxy) is 1. The van der Waals surface area contributed by atoms with Crippen molar-refractivity contribution < 1.29 is 19.4 Å². The van der Waals surface area contributed by atoms with Crippen LogP contribution in [-0.4, -0.2) is 24.1 Å². The van der Waals surface area contributed by atoms with E-state index < -0.39 is 5.97 Å². The van der Waals surface area contributed by atoms with E-state index in [1.54, 1.807) is 12.1 Å². The molecule has 1 heterocycles. The Morgan fingerprint density at radius 3 is 2.61 bits per heavy atom. The highest BCUT2D eigenvalue weighted by Crippen LogP contribution is 2.23. The Kier molecular flexibility index (Phi) is 5.39. The van der Waals surface area contributed by atoms with Gasteiger partial charge in [0.1, 0.15) is 11.3 Å². The molecule has 122 valence electrons. The van der Waals surface area contributed by atoms with E-state index in [0.29, 0.717) is 16.2 Å². The second-order valence-electron chi connectivity index (χ2n) is 5.09. The fraction of sp³-hybridized carbons (Fsp3) is 0.294. The Hall–Kier alpha value is -2.34. The summed E-state index contributed by atoms with van der Waals surface area (Å²) >= 11 is 1.49. The summed E-state index contributed by atoms with van der Waals surface area (Å²) < 4.78 is 5.02. The van der Waals surface area contributed by atoms with E-state index in [4.69, 9.17) is 4.74 Å². The highest BCUT2D eigenvalue weighted by molar-refractivity contribution is 7.14. The lowest BCUT2D eigenvalue weighted by atomic mass is 10.1. The Labute approximate surface area is 138 Å².